The maximum absolute atomic E-state index is 13.8. The van der Waals surface area contributed by atoms with Gasteiger partial charge in [-0.25, -0.2) is 14.4 Å². The van der Waals surface area contributed by atoms with Crippen molar-refractivity contribution >= 4 is 22.6 Å². The lowest BCUT2D eigenvalue weighted by molar-refractivity contribution is -0.116. The van der Waals surface area contributed by atoms with Gasteiger partial charge in [0.05, 0.1) is 17.1 Å². The Hall–Kier alpha value is -2.83. The molecule has 1 unspecified atom stereocenters. The highest BCUT2D eigenvalue weighted by Crippen LogP contribution is 2.39. The smallest absolute Gasteiger partial charge is 0.238 e. The lowest BCUT2D eigenvalue weighted by atomic mass is 9.95. The fourth-order valence-electron chi connectivity index (χ4n) is 4.14. The molecule has 7 heteroatoms. The number of hydrogen-bond acceptors (Lipinski definition) is 4. The Morgan fingerprint density at radius 3 is 2.85 bits per heavy atom. The molecule has 5 rings (SSSR count). The second-order valence-electron chi connectivity index (χ2n) is 7.05. The van der Waals surface area contributed by atoms with Crippen molar-refractivity contribution in [2.24, 2.45) is 0 Å². The van der Waals surface area contributed by atoms with Crippen molar-refractivity contribution in [1.29, 1.82) is 0 Å². The Morgan fingerprint density at radius 2 is 2.00 bits per heavy atom. The van der Waals surface area contributed by atoms with Gasteiger partial charge in [0.25, 0.3) is 0 Å². The van der Waals surface area contributed by atoms with Crippen LogP contribution in [0.4, 0.5) is 10.1 Å². The van der Waals surface area contributed by atoms with Crippen molar-refractivity contribution < 1.29 is 9.18 Å². The molecule has 0 bridgehead atoms. The van der Waals surface area contributed by atoms with Crippen LogP contribution in [0.1, 0.15) is 55.3 Å². The first-order chi connectivity index (χ1) is 12.7. The van der Waals surface area contributed by atoms with E-state index in [4.69, 9.17) is 0 Å². The zero-order chi connectivity index (χ0) is 17.7. The molecule has 6 nitrogen and oxygen atoms in total. The van der Waals surface area contributed by atoms with Crippen LogP contribution >= 0.6 is 0 Å². The lowest BCUT2D eigenvalue weighted by Crippen LogP contribution is -2.15. The number of amides is 1. The van der Waals surface area contributed by atoms with Gasteiger partial charge in [0.1, 0.15) is 18.1 Å². The average Bonchev–Trinajstić information content (AvgIpc) is 3.23. The zero-order valence-corrected chi connectivity index (χ0v) is 14.2. The van der Waals surface area contributed by atoms with E-state index in [1.807, 2.05) is 10.9 Å². The number of halogens is 1. The van der Waals surface area contributed by atoms with Crippen LogP contribution in [0, 0.1) is 5.82 Å². The van der Waals surface area contributed by atoms with E-state index in [2.05, 4.69) is 20.4 Å². The summed E-state index contributed by atoms with van der Waals surface area (Å²) in [7, 11) is 0. The molecule has 26 heavy (non-hydrogen) atoms. The molecule has 1 aliphatic carbocycles. The summed E-state index contributed by atoms with van der Waals surface area (Å²) < 4.78 is 15.7. The number of benzene rings is 1. The van der Waals surface area contributed by atoms with Crippen molar-refractivity contribution in [3.63, 3.8) is 0 Å². The van der Waals surface area contributed by atoms with Crippen molar-refractivity contribution in [3.8, 4) is 0 Å². The van der Waals surface area contributed by atoms with Crippen LogP contribution in [0.2, 0.25) is 0 Å². The predicted octanol–water partition coefficient (Wildman–Crippen LogP) is 3.55. The topological polar surface area (TPSA) is 72.7 Å². The lowest BCUT2D eigenvalue weighted by Gasteiger charge is -2.21. The second-order valence-corrected chi connectivity index (χ2v) is 7.05. The van der Waals surface area contributed by atoms with Gasteiger partial charge in [-0.2, -0.15) is 5.10 Å². The van der Waals surface area contributed by atoms with E-state index >= 15 is 0 Å². The Labute approximate surface area is 149 Å². The molecule has 1 fully saturated rings. The quantitative estimate of drug-likeness (QED) is 0.766. The Bertz CT molecular complexity index is 1010. The molecule has 1 N–H and O–H groups in total. The second kappa shape index (κ2) is 5.86. The molecule has 1 amide bonds. The van der Waals surface area contributed by atoms with E-state index in [0.717, 1.165) is 18.2 Å². The van der Waals surface area contributed by atoms with E-state index in [0.29, 0.717) is 28.6 Å². The van der Waals surface area contributed by atoms with Gasteiger partial charge in [0.15, 0.2) is 5.65 Å². The summed E-state index contributed by atoms with van der Waals surface area (Å²) in [6, 6.07) is 4.70. The molecule has 1 atom stereocenters. The van der Waals surface area contributed by atoms with Crippen LogP contribution in [0.3, 0.4) is 0 Å². The molecule has 132 valence electrons. The van der Waals surface area contributed by atoms with E-state index < -0.39 is 5.92 Å². The van der Waals surface area contributed by atoms with Gasteiger partial charge >= 0.3 is 0 Å². The molecular formula is C19H18FN5O. The predicted molar refractivity (Wildman–Crippen MR) is 94.3 cm³/mol. The fraction of sp³-hybridized carbons (Fsp3) is 0.368. The van der Waals surface area contributed by atoms with E-state index in [-0.39, 0.29) is 11.7 Å². The monoisotopic (exact) mass is 351 g/mol. The number of carbonyl (C=O) groups excluding carboxylic acids is 1. The average molecular weight is 351 g/mol. The van der Waals surface area contributed by atoms with Crippen molar-refractivity contribution in [2.45, 2.75) is 44.1 Å². The molecule has 0 spiro atoms. The van der Waals surface area contributed by atoms with Crippen molar-refractivity contribution in [2.75, 3.05) is 5.32 Å². The summed E-state index contributed by atoms with van der Waals surface area (Å²) in [5.41, 5.74) is 2.41. The first-order valence-corrected chi connectivity index (χ1v) is 9.01. The van der Waals surface area contributed by atoms with Crippen LogP contribution in [-0.4, -0.2) is 25.7 Å². The Morgan fingerprint density at radius 1 is 1.15 bits per heavy atom. The van der Waals surface area contributed by atoms with Gasteiger partial charge in [0, 0.05) is 11.9 Å². The van der Waals surface area contributed by atoms with Crippen LogP contribution in [0.15, 0.2) is 30.7 Å². The first kappa shape index (κ1) is 15.4. The SMILES string of the molecule is O=C1Nc2ccc(F)cc2C1c1ncnc2nn(C3CCCCC3)cc12. The van der Waals surface area contributed by atoms with Gasteiger partial charge in [0.2, 0.25) is 5.91 Å². The number of nitrogens with one attached hydrogen (secondary N) is 1. The summed E-state index contributed by atoms with van der Waals surface area (Å²) in [5, 5.41) is 8.20. The van der Waals surface area contributed by atoms with Crippen LogP contribution in [0.25, 0.3) is 11.0 Å². The number of anilines is 1. The third kappa shape index (κ3) is 2.38. The summed E-state index contributed by atoms with van der Waals surface area (Å²) in [4.78, 5) is 21.2. The highest BCUT2D eigenvalue weighted by atomic mass is 19.1. The van der Waals surface area contributed by atoms with Gasteiger partial charge < -0.3 is 5.32 Å². The first-order valence-electron chi connectivity index (χ1n) is 9.01. The molecule has 0 saturated heterocycles. The van der Waals surface area contributed by atoms with Crippen LogP contribution < -0.4 is 5.32 Å². The summed E-state index contributed by atoms with van der Waals surface area (Å²) >= 11 is 0. The van der Waals surface area contributed by atoms with Gasteiger partial charge in [-0.05, 0) is 36.6 Å². The normalized spacial score (nSPS) is 20.3. The minimum atomic E-state index is -0.643. The summed E-state index contributed by atoms with van der Waals surface area (Å²) in [5.74, 6) is -1.21. The molecule has 3 aromatic rings. The Kier molecular flexibility index (Phi) is 3.48. The summed E-state index contributed by atoms with van der Waals surface area (Å²) in [6.07, 6.45) is 9.27. The number of carbonyl (C=O) groups is 1. The standard InChI is InChI=1S/C19H18FN5O/c20-11-6-7-15-13(8-11)16(19(26)23-15)17-14-9-25(12-4-2-1-3-5-12)24-18(14)22-10-21-17/h6-10,12,16H,1-5H2,(H,23,26). The third-order valence-corrected chi connectivity index (χ3v) is 5.43. The van der Waals surface area contributed by atoms with Crippen molar-refractivity contribution in [1.82, 2.24) is 19.7 Å². The molecule has 0 radical (unpaired) electrons. The molecule has 1 aromatic carbocycles. The number of rotatable bonds is 2. The van der Waals surface area contributed by atoms with E-state index in [1.165, 1.54) is 37.7 Å². The minimum absolute atomic E-state index is 0.198. The number of nitrogens with zero attached hydrogens (tertiary/aromatic N) is 4. The van der Waals surface area contributed by atoms with E-state index in [9.17, 15) is 9.18 Å². The number of fused-ring (bicyclic) bond motifs is 2. The maximum atomic E-state index is 13.8. The molecule has 1 saturated carbocycles. The van der Waals surface area contributed by atoms with E-state index in [1.54, 1.807) is 6.07 Å². The highest BCUT2D eigenvalue weighted by molar-refractivity contribution is 6.06. The molecule has 2 aliphatic rings. The van der Waals surface area contributed by atoms with Gasteiger partial charge in [-0.15, -0.1) is 0 Å². The highest BCUT2D eigenvalue weighted by Gasteiger charge is 2.35. The third-order valence-electron chi connectivity index (χ3n) is 5.43. The molecular weight excluding hydrogens is 333 g/mol. The number of hydrogen-bond donors (Lipinski definition) is 1. The maximum Gasteiger partial charge on any atom is 0.238 e. The fourth-order valence-corrected chi connectivity index (χ4v) is 4.14. The Balaban J connectivity index is 1.62. The van der Waals surface area contributed by atoms with Crippen LogP contribution in [0.5, 0.6) is 0 Å². The minimum Gasteiger partial charge on any atom is -0.325 e. The molecule has 1 aliphatic heterocycles. The zero-order valence-electron chi connectivity index (χ0n) is 14.2. The van der Waals surface area contributed by atoms with Crippen LogP contribution in [-0.2, 0) is 4.79 Å². The van der Waals surface area contributed by atoms with Crippen molar-refractivity contribution in [3.05, 3.63) is 47.8 Å². The molecule has 2 aromatic heterocycles. The summed E-state index contributed by atoms with van der Waals surface area (Å²) in [6.45, 7) is 0. The number of aromatic nitrogens is 4. The van der Waals surface area contributed by atoms with Gasteiger partial charge in [-0.1, -0.05) is 19.3 Å². The van der Waals surface area contributed by atoms with Gasteiger partial charge in [-0.3, -0.25) is 9.48 Å². The largest absolute Gasteiger partial charge is 0.325 e. The molecule has 3 heterocycles.